The number of hydrogen-bond acceptors (Lipinski definition) is 3. The fourth-order valence-corrected chi connectivity index (χ4v) is 2.94. The number of ether oxygens (including phenoxy) is 1. The van der Waals surface area contributed by atoms with E-state index in [1.807, 2.05) is 0 Å². The van der Waals surface area contributed by atoms with Gasteiger partial charge in [-0.2, -0.15) is 0 Å². The Labute approximate surface area is 121 Å². The van der Waals surface area contributed by atoms with Crippen LogP contribution in [0.1, 0.15) is 49.4 Å². The largest absolute Gasteiger partial charge is 0.468 e. The molecule has 0 heterocycles. The summed E-state index contributed by atoms with van der Waals surface area (Å²) >= 11 is 0. The predicted octanol–water partition coefficient (Wildman–Crippen LogP) is 3.16. The summed E-state index contributed by atoms with van der Waals surface area (Å²) in [5.41, 5.74) is 4.03. The molecule has 110 valence electrons. The molecule has 0 aromatic heterocycles. The minimum atomic E-state index is -0.221. The Morgan fingerprint density at radius 1 is 1.50 bits per heavy atom. The first-order chi connectivity index (χ1) is 9.56. The second kappa shape index (κ2) is 6.40. The molecule has 0 aliphatic heterocycles. The topological polar surface area (TPSA) is 38.3 Å². The number of carbonyl (C=O) groups is 1. The molecule has 0 bridgehead atoms. The molecule has 0 amide bonds. The summed E-state index contributed by atoms with van der Waals surface area (Å²) in [7, 11) is 1.46. The Kier molecular flexibility index (Phi) is 4.81. The molecular weight excluding hydrogens is 250 g/mol. The van der Waals surface area contributed by atoms with Crippen molar-refractivity contribution in [3.63, 3.8) is 0 Å². The number of rotatable bonds is 5. The van der Waals surface area contributed by atoms with Crippen LogP contribution in [0.5, 0.6) is 0 Å². The molecule has 1 N–H and O–H groups in total. The Balaban J connectivity index is 2.17. The Bertz CT molecular complexity index is 484. The van der Waals surface area contributed by atoms with Crippen LogP contribution in [0.4, 0.5) is 0 Å². The lowest BCUT2D eigenvalue weighted by atomic mass is 9.97. The van der Waals surface area contributed by atoms with E-state index in [1.165, 1.54) is 23.8 Å². The smallest absolute Gasteiger partial charge is 0.323 e. The zero-order valence-corrected chi connectivity index (χ0v) is 12.9. The van der Waals surface area contributed by atoms with E-state index >= 15 is 0 Å². The molecule has 20 heavy (non-hydrogen) atoms. The van der Waals surface area contributed by atoms with Gasteiger partial charge in [0.2, 0.25) is 0 Å². The van der Waals surface area contributed by atoms with E-state index < -0.39 is 0 Å². The van der Waals surface area contributed by atoms with Crippen molar-refractivity contribution in [2.75, 3.05) is 7.11 Å². The van der Waals surface area contributed by atoms with E-state index in [4.69, 9.17) is 4.74 Å². The van der Waals surface area contributed by atoms with Crippen LogP contribution in [-0.2, 0) is 16.0 Å². The normalized spacial score (nSPS) is 20.3. The highest BCUT2D eigenvalue weighted by atomic mass is 16.5. The van der Waals surface area contributed by atoms with Crippen molar-refractivity contribution < 1.29 is 9.53 Å². The summed E-state index contributed by atoms with van der Waals surface area (Å²) in [4.78, 5) is 12.0. The molecular formula is C17H25NO2. The molecule has 1 aromatic carbocycles. The zero-order valence-electron chi connectivity index (χ0n) is 12.9. The van der Waals surface area contributed by atoms with Gasteiger partial charge in [-0.15, -0.1) is 0 Å². The molecule has 3 unspecified atom stereocenters. The maximum atomic E-state index is 12.0. The molecule has 0 radical (unpaired) electrons. The lowest BCUT2D eigenvalue weighted by Crippen LogP contribution is -2.43. The molecule has 2 rings (SSSR count). The highest BCUT2D eigenvalue weighted by Gasteiger charge is 2.31. The van der Waals surface area contributed by atoms with Crippen LogP contribution in [-0.4, -0.2) is 19.1 Å². The van der Waals surface area contributed by atoms with Crippen LogP contribution in [0.15, 0.2) is 18.2 Å². The maximum absolute atomic E-state index is 12.0. The van der Waals surface area contributed by atoms with E-state index in [0.29, 0.717) is 0 Å². The number of aryl methyl sites for hydroxylation is 2. The molecule has 3 heteroatoms. The van der Waals surface area contributed by atoms with Crippen LogP contribution in [0.2, 0.25) is 0 Å². The highest BCUT2D eigenvalue weighted by Crippen LogP contribution is 2.32. The van der Waals surface area contributed by atoms with Crippen molar-refractivity contribution in [1.29, 1.82) is 0 Å². The fraction of sp³-hybridized carbons (Fsp3) is 0.588. The lowest BCUT2D eigenvalue weighted by molar-refractivity contribution is -0.144. The van der Waals surface area contributed by atoms with Crippen molar-refractivity contribution in [3.05, 3.63) is 34.9 Å². The highest BCUT2D eigenvalue weighted by molar-refractivity contribution is 5.76. The number of carbonyl (C=O) groups excluding carboxylic acids is 1. The van der Waals surface area contributed by atoms with Gasteiger partial charge in [0.05, 0.1) is 7.11 Å². The third kappa shape index (κ3) is 3.04. The van der Waals surface area contributed by atoms with Gasteiger partial charge in [-0.1, -0.05) is 44.0 Å². The van der Waals surface area contributed by atoms with E-state index in [9.17, 15) is 4.79 Å². The first kappa shape index (κ1) is 15.0. The SMILES string of the molecule is CCC(C)C(NC1CCc2ccc(C)cc21)C(=O)OC. The van der Waals surface area contributed by atoms with E-state index in [-0.39, 0.29) is 24.0 Å². The fourth-order valence-electron chi connectivity index (χ4n) is 2.94. The van der Waals surface area contributed by atoms with Crippen molar-refractivity contribution in [2.45, 2.75) is 52.1 Å². The van der Waals surface area contributed by atoms with Crippen molar-refractivity contribution in [2.24, 2.45) is 5.92 Å². The molecule has 1 aromatic rings. The quantitative estimate of drug-likeness (QED) is 0.839. The van der Waals surface area contributed by atoms with Crippen molar-refractivity contribution >= 4 is 5.97 Å². The Morgan fingerprint density at radius 3 is 2.90 bits per heavy atom. The molecule has 1 aliphatic carbocycles. The van der Waals surface area contributed by atoms with Gasteiger partial charge >= 0.3 is 5.97 Å². The maximum Gasteiger partial charge on any atom is 0.323 e. The van der Waals surface area contributed by atoms with E-state index in [1.54, 1.807) is 0 Å². The summed E-state index contributed by atoms with van der Waals surface area (Å²) in [5.74, 6) is 0.122. The first-order valence-electron chi connectivity index (χ1n) is 7.50. The third-order valence-electron chi connectivity index (χ3n) is 4.43. The summed E-state index contributed by atoms with van der Waals surface area (Å²) in [6.45, 7) is 6.32. The minimum absolute atomic E-state index is 0.152. The van der Waals surface area contributed by atoms with Crippen LogP contribution in [0.3, 0.4) is 0 Å². The van der Waals surface area contributed by atoms with Gasteiger partial charge in [-0.3, -0.25) is 10.1 Å². The molecule has 1 aliphatic rings. The third-order valence-corrected chi connectivity index (χ3v) is 4.43. The van der Waals surface area contributed by atoms with Crippen molar-refractivity contribution in [1.82, 2.24) is 5.32 Å². The second-order valence-corrected chi connectivity index (χ2v) is 5.85. The lowest BCUT2D eigenvalue weighted by Gasteiger charge is -2.26. The van der Waals surface area contributed by atoms with Gasteiger partial charge in [-0.05, 0) is 36.8 Å². The van der Waals surface area contributed by atoms with Crippen LogP contribution in [0.25, 0.3) is 0 Å². The predicted molar refractivity (Wildman–Crippen MR) is 80.6 cm³/mol. The minimum Gasteiger partial charge on any atom is -0.468 e. The number of fused-ring (bicyclic) bond motifs is 1. The molecule has 0 saturated heterocycles. The van der Waals surface area contributed by atoms with Crippen LogP contribution >= 0.6 is 0 Å². The molecule has 3 atom stereocenters. The van der Waals surface area contributed by atoms with Gasteiger partial charge in [0.15, 0.2) is 0 Å². The number of hydrogen-bond donors (Lipinski definition) is 1. The molecule has 0 fully saturated rings. The average Bonchev–Trinajstić information content (AvgIpc) is 2.85. The first-order valence-corrected chi connectivity index (χ1v) is 7.50. The number of nitrogens with one attached hydrogen (secondary N) is 1. The van der Waals surface area contributed by atoms with Gasteiger partial charge in [0.1, 0.15) is 6.04 Å². The van der Waals surface area contributed by atoms with Gasteiger partial charge in [0.25, 0.3) is 0 Å². The Hall–Kier alpha value is -1.35. The Morgan fingerprint density at radius 2 is 2.25 bits per heavy atom. The summed E-state index contributed by atoms with van der Waals surface area (Å²) in [6.07, 6.45) is 3.10. The van der Waals surface area contributed by atoms with E-state index in [0.717, 1.165) is 19.3 Å². The van der Waals surface area contributed by atoms with Crippen LogP contribution < -0.4 is 5.32 Å². The standard InChI is InChI=1S/C17H25NO2/c1-5-12(3)16(17(19)20-4)18-15-9-8-13-7-6-11(2)10-14(13)15/h6-7,10,12,15-16,18H,5,8-9H2,1-4H3. The number of methoxy groups -OCH3 is 1. The summed E-state index contributed by atoms with van der Waals surface area (Å²) < 4.78 is 4.96. The number of esters is 1. The molecule has 0 saturated carbocycles. The number of benzene rings is 1. The van der Waals surface area contributed by atoms with Gasteiger partial charge in [-0.25, -0.2) is 0 Å². The van der Waals surface area contributed by atoms with E-state index in [2.05, 4.69) is 44.3 Å². The average molecular weight is 275 g/mol. The second-order valence-electron chi connectivity index (χ2n) is 5.85. The molecule has 3 nitrogen and oxygen atoms in total. The monoisotopic (exact) mass is 275 g/mol. The van der Waals surface area contributed by atoms with Crippen molar-refractivity contribution in [3.8, 4) is 0 Å². The molecule has 0 spiro atoms. The summed E-state index contributed by atoms with van der Waals surface area (Å²) in [5, 5.41) is 3.53. The zero-order chi connectivity index (χ0) is 14.7. The summed E-state index contributed by atoms with van der Waals surface area (Å²) in [6, 6.07) is 6.66. The van der Waals surface area contributed by atoms with Crippen LogP contribution in [0, 0.1) is 12.8 Å². The van der Waals surface area contributed by atoms with Gasteiger partial charge in [0, 0.05) is 6.04 Å². The van der Waals surface area contributed by atoms with Gasteiger partial charge < -0.3 is 4.74 Å².